The molecule has 4 saturated carbocycles. The molecule has 21 heavy (non-hydrogen) atoms. The Bertz CT molecular complexity index is 444. The molecule has 1 aromatic carbocycles. The van der Waals surface area contributed by atoms with Crippen molar-refractivity contribution in [1.29, 1.82) is 0 Å². The minimum Gasteiger partial charge on any atom is -0.395 e. The lowest BCUT2D eigenvalue weighted by Gasteiger charge is -2.55. The minimum absolute atomic E-state index is 0.218. The first kappa shape index (κ1) is 13.8. The van der Waals surface area contributed by atoms with E-state index in [1.165, 1.54) is 37.7 Å². The lowest BCUT2D eigenvalue weighted by Crippen LogP contribution is -2.57. The van der Waals surface area contributed by atoms with Crippen LogP contribution in [0.1, 0.15) is 37.7 Å². The van der Waals surface area contributed by atoms with Gasteiger partial charge in [0.1, 0.15) is 0 Å². The summed E-state index contributed by atoms with van der Waals surface area (Å²) < 4.78 is 0. The zero-order chi connectivity index (χ0) is 14.2. The number of benzene rings is 1. The number of aliphatic hydroxyl groups is 1. The highest BCUT2D eigenvalue weighted by Gasteiger charge is 2.48. The third-order valence-corrected chi connectivity index (χ3v) is 6.20. The van der Waals surface area contributed by atoms with E-state index >= 15 is 0 Å². The fourth-order valence-electron chi connectivity index (χ4n) is 5.54. The summed E-state index contributed by atoms with van der Waals surface area (Å²) in [5.41, 5.74) is 1.33. The molecule has 0 amide bonds. The average molecular weight is 285 g/mol. The molecule has 4 bridgehead atoms. The molecular formula is C19H27NO. The van der Waals surface area contributed by atoms with Gasteiger partial charge in [0.05, 0.1) is 6.61 Å². The summed E-state index contributed by atoms with van der Waals surface area (Å²) in [6, 6.07) is 11.5. The van der Waals surface area contributed by atoms with E-state index in [9.17, 15) is 5.11 Å². The highest BCUT2D eigenvalue weighted by molar-refractivity contribution is 5.16. The molecule has 0 aliphatic heterocycles. The number of hydrogen-bond donors (Lipinski definition) is 2. The van der Waals surface area contributed by atoms with E-state index in [0.717, 1.165) is 30.1 Å². The highest BCUT2D eigenvalue weighted by Crippen LogP contribution is 2.53. The molecule has 2 nitrogen and oxygen atoms in total. The lowest BCUT2D eigenvalue weighted by molar-refractivity contribution is -0.0200. The summed E-state index contributed by atoms with van der Waals surface area (Å²) in [7, 11) is 0. The molecule has 4 aliphatic carbocycles. The first-order valence-corrected chi connectivity index (χ1v) is 8.72. The molecular weight excluding hydrogens is 258 g/mol. The fourth-order valence-corrected chi connectivity index (χ4v) is 5.54. The van der Waals surface area contributed by atoms with Crippen LogP contribution < -0.4 is 5.32 Å². The summed E-state index contributed by atoms with van der Waals surface area (Å²) in [6.07, 6.45) is 8.21. The molecule has 0 spiro atoms. The van der Waals surface area contributed by atoms with Gasteiger partial charge in [-0.25, -0.2) is 0 Å². The summed E-state index contributed by atoms with van der Waals surface area (Å²) >= 11 is 0. The van der Waals surface area contributed by atoms with Gasteiger partial charge in [0, 0.05) is 12.1 Å². The third kappa shape index (κ3) is 2.76. The number of aliphatic hydroxyl groups excluding tert-OH is 1. The fraction of sp³-hybridized carbons (Fsp3) is 0.684. The smallest absolute Gasteiger partial charge is 0.0587 e. The Morgan fingerprint density at radius 1 is 0.952 bits per heavy atom. The van der Waals surface area contributed by atoms with Gasteiger partial charge in [-0.05, 0) is 67.8 Å². The molecule has 0 saturated heterocycles. The van der Waals surface area contributed by atoms with Crippen LogP contribution in [-0.4, -0.2) is 23.8 Å². The van der Waals surface area contributed by atoms with E-state index < -0.39 is 0 Å². The first-order chi connectivity index (χ1) is 10.3. The first-order valence-electron chi connectivity index (χ1n) is 8.72. The predicted octanol–water partition coefficient (Wildman–Crippen LogP) is 3.00. The third-order valence-electron chi connectivity index (χ3n) is 6.20. The van der Waals surface area contributed by atoms with Gasteiger partial charge >= 0.3 is 0 Å². The molecule has 2 N–H and O–H groups in total. The van der Waals surface area contributed by atoms with Crippen molar-refractivity contribution in [3.63, 3.8) is 0 Å². The zero-order valence-corrected chi connectivity index (χ0v) is 12.7. The largest absolute Gasteiger partial charge is 0.395 e. The summed E-state index contributed by atoms with van der Waals surface area (Å²) in [6.45, 7) is 0.248. The van der Waals surface area contributed by atoms with Gasteiger partial charge in [0.15, 0.2) is 0 Å². The predicted molar refractivity (Wildman–Crippen MR) is 85.0 cm³/mol. The summed E-state index contributed by atoms with van der Waals surface area (Å²) in [5, 5.41) is 13.6. The molecule has 0 heterocycles. The van der Waals surface area contributed by atoms with Crippen LogP contribution in [0.3, 0.4) is 0 Å². The minimum atomic E-state index is 0.218. The van der Waals surface area contributed by atoms with E-state index in [2.05, 4.69) is 35.6 Å². The molecule has 0 unspecified atom stereocenters. The van der Waals surface area contributed by atoms with E-state index in [1.54, 1.807) is 0 Å². The van der Waals surface area contributed by atoms with Crippen molar-refractivity contribution >= 4 is 0 Å². The maximum atomic E-state index is 9.78. The van der Waals surface area contributed by atoms with Crippen molar-refractivity contribution in [3.8, 4) is 0 Å². The van der Waals surface area contributed by atoms with Crippen LogP contribution >= 0.6 is 0 Å². The van der Waals surface area contributed by atoms with E-state index in [-0.39, 0.29) is 12.6 Å². The van der Waals surface area contributed by atoms with Crippen LogP contribution in [0, 0.1) is 23.7 Å². The Kier molecular flexibility index (Phi) is 3.76. The van der Waals surface area contributed by atoms with Crippen molar-refractivity contribution in [3.05, 3.63) is 35.9 Å². The normalized spacial score (nSPS) is 38.6. The van der Waals surface area contributed by atoms with Crippen molar-refractivity contribution in [2.45, 2.75) is 50.6 Å². The van der Waals surface area contributed by atoms with E-state index in [4.69, 9.17) is 0 Å². The van der Waals surface area contributed by atoms with Gasteiger partial charge in [-0.3, -0.25) is 0 Å². The summed E-state index contributed by atoms with van der Waals surface area (Å²) in [4.78, 5) is 0. The molecule has 1 atom stereocenters. The molecule has 0 radical (unpaired) electrons. The second kappa shape index (κ2) is 5.73. The van der Waals surface area contributed by atoms with E-state index in [0.29, 0.717) is 6.04 Å². The van der Waals surface area contributed by atoms with Crippen LogP contribution in [0.4, 0.5) is 0 Å². The molecule has 2 heteroatoms. The maximum Gasteiger partial charge on any atom is 0.0587 e. The number of hydrogen-bond acceptors (Lipinski definition) is 2. The second-order valence-electron chi connectivity index (χ2n) is 7.69. The Labute approximate surface area is 128 Å². The number of nitrogens with one attached hydrogen (secondary N) is 1. The summed E-state index contributed by atoms with van der Waals surface area (Å²) in [5.74, 6) is 3.80. The van der Waals surface area contributed by atoms with E-state index in [1.807, 2.05) is 0 Å². The Morgan fingerprint density at radius 2 is 1.57 bits per heavy atom. The van der Waals surface area contributed by atoms with Crippen molar-refractivity contribution in [2.24, 2.45) is 23.7 Å². The van der Waals surface area contributed by atoms with Crippen LogP contribution in [0.2, 0.25) is 0 Å². The Balaban J connectivity index is 1.42. The van der Waals surface area contributed by atoms with Gasteiger partial charge in [-0.2, -0.15) is 0 Å². The van der Waals surface area contributed by atoms with Gasteiger partial charge < -0.3 is 10.4 Å². The second-order valence-corrected chi connectivity index (χ2v) is 7.69. The quantitative estimate of drug-likeness (QED) is 0.871. The standard InChI is InChI=1S/C19H27NO/c21-12-18(11-13-4-2-1-3-5-13)20-19-16-7-14-6-15(9-16)10-17(19)8-14/h1-5,14-21H,6-12H2/t14?,15?,16?,17?,18-,19?/m0/s1. The molecule has 1 aromatic rings. The van der Waals surface area contributed by atoms with Gasteiger partial charge in [0.25, 0.3) is 0 Å². The Morgan fingerprint density at radius 3 is 2.14 bits per heavy atom. The maximum absolute atomic E-state index is 9.78. The zero-order valence-electron chi connectivity index (χ0n) is 12.7. The highest BCUT2D eigenvalue weighted by atomic mass is 16.3. The van der Waals surface area contributed by atoms with Gasteiger partial charge in [-0.1, -0.05) is 30.3 Å². The topological polar surface area (TPSA) is 32.3 Å². The monoisotopic (exact) mass is 285 g/mol. The molecule has 4 fully saturated rings. The molecule has 0 aromatic heterocycles. The van der Waals surface area contributed by atoms with Crippen molar-refractivity contribution < 1.29 is 5.11 Å². The SMILES string of the molecule is OC[C@H](Cc1ccccc1)NC1C2CC3CC(C2)CC1C3. The van der Waals surface area contributed by atoms with Crippen LogP contribution in [0.5, 0.6) is 0 Å². The van der Waals surface area contributed by atoms with Crippen LogP contribution in [0.15, 0.2) is 30.3 Å². The van der Waals surface area contributed by atoms with Gasteiger partial charge in [-0.15, -0.1) is 0 Å². The molecule has 4 aliphatic rings. The molecule has 5 rings (SSSR count). The Hall–Kier alpha value is -0.860. The van der Waals surface area contributed by atoms with Gasteiger partial charge in [0.2, 0.25) is 0 Å². The molecule has 114 valence electrons. The average Bonchev–Trinajstić information content (AvgIpc) is 2.50. The number of rotatable bonds is 5. The van der Waals surface area contributed by atoms with Crippen LogP contribution in [-0.2, 0) is 6.42 Å². The van der Waals surface area contributed by atoms with Crippen molar-refractivity contribution in [2.75, 3.05) is 6.61 Å². The van der Waals surface area contributed by atoms with Crippen molar-refractivity contribution in [1.82, 2.24) is 5.32 Å². The van der Waals surface area contributed by atoms with Crippen LogP contribution in [0.25, 0.3) is 0 Å². The lowest BCUT2D eigenvalue weighted by atomic mass is 9.54.